The molecule has 2 aromatic carbocycles. The minimum atomic E-state index is -0.453. The van der Waals surface area contributed by atoms with Crippen LogP contribution >= 0.6 is 0 Å². The Hall–Kier alpha value is -2.61. The van der Waals surface area contributed by atoms with Crippen LogP contribution < -0.4 is 5.32 Å². The van der Waals surface area contributed by atoms with Crippen LogP contribution in [-0.2, 0) is 12.5 Å². The van der Waals surface area contributed by atoms with Crippen molar-refractivity contribution in [2.75, 3.05) is 6.61 Å². The lowest BCUT2D eigenvalue weighted by Gasteiger charge is -2.33. The Morgan fingerprint density at radius 1 is 1.12 bits per heavy atom. The first-order valence-corrected chi connectivity index (χ1v) is 8.85. The number of aromatic nitrogens is 1. The Bertz CT molecular complexity index is 921. The van der Waals surface area contributed by atoms with Gasteiger partial charge in [-0.3, -0.25) is 5.32 Å². The van der Waals surface area contributed by atoms with Crippen LogP contribution in [0.5, 0.6) is 0 Å². The number of rotatable bonds is 6. The van der Waals surface area contributed by atoms with E-state index in [-0.39, 0.29) is 12.6 Å². The van der Waals surface area contributed by atoms with Crippen LogP contribution in [0.15, 0.2) is 60.8 Å². The Balaban J connectivity index is 1.96. The van der Waals surface area contributed by atoms with Gasteiger partial charge in [0.15, 0.2) is 0 Å². The average molecular weight is 347 g/mol. The maximum atomic E-state index is 9.89. The van der Waals surface area contributed by atoms with Crippen molar-refractivity contribution in [1.29, 1.82) is 5.26 Å². The van der Waals surface area contributed by atoms with Crippen LogP contribution in [0.2, 0.25) is 0 Å². The van der Waals surface area contributed by atoms with Crippen LogP contribution in [0.25, 0.3) is 10.9 Å². The van der Waals surface area contributed by atoms with Gasteiger partial charge in [0.25, 0.3) is 0 Å². The van der Waals surface area contributed by atoms with E-state index in [0.29, 0.717) is 0 Å². The lowest BCUT2D eigenvalue weighted by Crippen LogP contribution is -2.46. The highest BCUT2D eigenvalue weighted by atomic mass is 16.3. The lowest BCUT2D eigenvalue weighted by atomic mass is 9.77. The van der Waals surface area contributed by atoms with Gasteiger partial charge in [0.05, 0.1) is 18.7 Å². The summed E-state index contributed by atoms with van der Waals surface area (Å²) >= 11 is 0. The standard InChI is InChI=1S/C22H25N3O/c1-22(2,18-14-25(3)20-12-8-7-11-17(18)20)21(13-23)24-19(15-26)16-9-5-4-6-10-16/h4-12,14,19,21,24,26H,15H2,1-3H3. The number of hydrogen-bond acceptors (Lipinski definition) is 3. The monoisotopic (exact) mass is 347 g/mol. The Labute approximate surface area is 154 Å². The van der Waals surface area contributed by atoms with Crippen molar-refractivity contribution in [3.05, 3.63) is 71.9 Å². The summed E-state index contributed by atoms with van der Waals surface area (Å²) in [6.07, 6.45) is 2.10. The second-order valence-corrected chi connectivity index (χ2v) is 7.27. The van der Waals surface area contributed by atoms with Gasteiger partial charge in [-0.25, -0.2) is 0 Å². The zero-order valence-electron chi connectivity index (χ0n) is 15.5. The normalized spacial score (nSPS) is 14.1. The Morgan fingerprint density at radius 2 is 1.77 bits per heavy atom. The summed E-state index contributed by atoms with van der Waals surface area (Å²) in [5, 5.41) is 24.3. The fourth-order valence-electron chi connectivity index (χ4n) is 3.56. The fraction of sp³-hybridized carbons (Fsp3) is 0.318. The predicted octanol–water partition coefficient (Wildman–Crippen LogP) is 3.67. The molecule has 0 saturated carbocycles. The largest absolute Gasteiger partial charge is 0.394 e. The van der Waals surface area contributed by atoms with Gasteiger partial charge in [0.1, 0.15) is 6.04 Å². The van der Waals surface area contributed by atoms with Crippen molar-refractivity contribution in [3.63, 3.8) is 0 Å². The molecule has 0 saturated heterocycles. The molecule has 0 aliphatic carbocycles. The zero-order chi connectivity index (χ0) is 18.7. The minimum Gasteiger partial charge on any atom is -0.394 e. The number of hydrogen-bond donors (Lipinski definition) is 2. The Morgan fingerprint density at radius 3 is 2.42 bits per heavy atom. The van der Waals surface area contributed by atoms with Crippen molar-refractivity contribution in [2.45, 2.75) is 31.3 Å². The molecule has 0 amide bonds. The molecule has 2 N–H and O–H groups in total. The van der Waals surface area contributed by atoms with Gasteiger partial charge < -0.3 is 9.67 Å². The zero-order valence-corrected chi connectivity index (χ0v) is 15.5. The third-order valence-corrected chi connectivity index (χ3v) is 5.19. The first-order valence-electron chi connectivity index (χ1n) is 8.85. The number of nitrogens with zero attached hydrogens (tertiary/aromatic N) is 2. The molecule has 1 aromatic heterocycles. The number of para-hydroxylation sites is 1. The van der Waals surface area contributed by atoms with Crippen LogP contribution in [0, 0.1) is 11.3 Å². The number of aryl methyl sites for hydroxylation is 1. The summed E-state index contributed by atoms with van der Waals surface area (Å²) in [7, 11) is 2.03. The van der Waals surface area contributed by atoms with E-state index in [1.807, 2.05) is 49.5 Å². The van der Waals surface area contributed by atoms with Crippen LogP contribution in [-0.4, -0.2) is 22.3 Å². The van der Waals surface area contributed by atoms with Gasteiger partial charge in [-0.15, -0.1) is 0 Å². The maximum Gasteiger partial charge on any atom is 0.105 e. The van der Waals surface area contributed by atoms with Crippen molar-refractivity contribution in [1.82, 2.24) is 9.88 Å². The molecule has 3 aromatic rings. The molecule has 3 rings (SSSR count). The van der Waals surface area contributed by atoms with Crippen molar-refractivity contribution in [3.8, 4) is 6.07 Å². The van der Waals surface area contributed by atoms with E-state index in [2.05, 4.69) is 48.1 Å². The van der Waals surface area contributed by atoms with Crippen LogP contribution in [0.4, 0.5) is 0 Å². The molecule has 26 heavy (non-hydrogen) atoms. The first-order chi connectivity index (χ1) is 12.5. The molecule has 0 aliphatic rings. The van der Waals surface area contributed by atoms with E-state index in [0.717, 1.165) is 22.0 Å². The van der Waals surface area contributed by atoms with Crippen LogP contribution in [0.1, 0.15) is 31.0 Å². The molecule has 2 atom stereocenters. The summed E-state index contributed by atoms with van der Waals surface area (Å²) in [6, 6.07) is 19.7. The number of aliphatic hydroxyl groups is 1. The number of aliphatic hydroxyl groups excluding tert-OH is 1. The van der Waals surface area contributed by atoms with Gasteiger partial charge in [-0.05, 0) is 17.2 Å². The van der Waals surface area contributed by atoms with Crippen molar-refractivity contribution >= 4 is 10.9 Å². The van der Waals surface area contributed by atoms with Crippen molar-refractivity contribution in [2.24, 2.45) is 7.05 Å². The van der Waals surface area contributed by atoms with Crippen LogP contribution in [0.3, 0.4) is 0 Å². The molecule has 0 radical (unpaired) electrons. The van der Waals surface area contributed by atoms with Gasteiger partial charge in [0, 0.05) is 29.6 Å². The van der Waals surface area contributed by atoms with E-state index < -0.39 is 11.5 Å². The second-order valence-electron chi connectivity index (χ2n) is 7.27. The third-order valence-electron chi connectivity index (χ3n) is 5.19. The molecular formula is C22H25N3O. The molecule has 0 spiro atoms. The summed E-state index contributed by atoms with van der Waals surface area (Å²) in [5.74, 6) is 0. The molecule has 0 fully saturated rings. The highest BCUT2D eigenvalue weighted by Crippen LogP contribution is 2.35. The Kier molecular flexibility index (Phi) is 5.13. The van der Waals surface area contributed by atoms with Gasteiger partial charge in [-0.1, -0.05) is 62.4 Å². The summed E-state index contributed by atoms with van der Waals surface area (Å²) in [4.78, 5) is 0. The van der Waals surface area contributed by atoms with Gasteiger partial charge >= 0.3 is 0 Å². The maximum absolute atomic E-state index is 9.89. The molecule has 0 bridgehead atoms. The highest BCUT2D eigenvalue weighted by molar-refractivity contribution is 5.85. The topological polar surface area (TPSA) is 61.0 Å². The summed E-state index contributed by atoms with van der Waals surface area (Å²) in [6.45, 7) is 4.10. The van der Waals surface area contributed by atoms with E-state index in [1.165, 1.54) is 0 Å². The number of benzene rings is 2. The molecule has 4 nitrogen and oxygen atoms in total. The van der Waals surface area contributed by atoms with E-state index in [1.54, 1.807) is 0 Å². The average Bonchev–Trinajstić information content (AvgIpc) is 3.01. The first kappa shape index (κ1) is 18.2. The SMILES string of the molecule is Cn1cc(C(C)(C)C(C#N)NC(CO)c2ccccc2)c2ccccc21. The minimum absolute atomic E-state index is 0.0617. The molecule has 1 heterocycles. The quantitative estimate of drug-likeness (QED) is 0.715. The van der Waals surface area contributed by atoms with E-state index in [9.17, 15) is 10.4 Å². The fourth-order valence-corrected chi connectivity index (χ4v) is 3.56. The predicted molar refractivity (Wildman–Crippen MR) is 105 cm³/mol. The highest BCUT2D eigenvalue weighted by Gasteiger charge is 2.35. The second kappa shape index (κ2) is 7.33. The lowest BCUT2D eigenvalue weighted by molar-refractivity contribution is 0.226. The molecular weight excluding hydrogens is 322 g/mol. The van der Waals surface area contributed by atoms with E-state index >= 15 is 0 Å². The van der Waals surface area contributed by atoms with Crippen molar-refractivity contribution < 1.29 is 5.11 Å². The number of nitrogens with one attached hydrogen (secondary N) is 1. The van der Waals surface area contributed by atoms with Gasteiger partial charge in [-0.2, -0.15) is 5.26 Å². The molecule has 0 aliphatic heterocycles. The third kappa shape index (κ3) is 3.24. The molecule has 134 valence electrons. The molecule has 2 unspecified atom stereocenters. The van der Waals surface area contributed by atoms with E-state index in [4.69, 9.17) is 0 Å². The smallest absolute Gasteiger partial charge is 0.105 e. The number of fused-ring (bicyclic) bond motifs is 1. The number of nitriles is 1. The summed E-state index contributed by atoms with van der Waals surface area (Å²) < 4.78 is 2.10. The molecule has 4 heteroatoms. The van der Waals surface area contributed by atoms with Gasteiger partial charge in [0.2, 0.25) is 0 Å². The summed E-state index contributed by atoms with van der Waals surface area (Å²) in [5.41, 5.74) is 2.81.